The Balaban J connectivity index is 1.96. The molecule has 2 rings (SSSR count). The quantitative estimate of drug-likeness (QED) is 0.544. The molecule has 150 valence electrons. The number of guanidine groups is 1. The Morgan fingerprint density at radius 2 is 1.89 bits per heavy atom. The Labute approximate surface area is 167 Å². The van der Waals surface area contributed by atoms with E-state index in [9.17, 15) is 4.79 Å². The minimum absolute atomic E-state index is 0.0153. The predicted molar refractivity (Wildman–Crippen MR) is 114 cm³/mol. The number of para-hydroxylation sites is 1. The average Bonchev–Trinajstić information content (AvgIpc) is 2.71. The Hall–Kier alpha value is -3.02. The number of hydrogen-bond acceptors (Lipinski definition) is 3. The first-order valence-electron chi connectivity index (χ1n) is 9.49. The van der Waals surface area contributed by atoms with E-state index in [4.69, 9.17) is 4.74 Å². The monoisotopic (exact) mass is 382 g/mol. The van der Waals surface area contributed by atoms with Gasteiger partial charge in [0.15, 0.2) is 5.96 Å². The maximum Gasteiger partial charge on any atom is 0.253 e. The lowest BCUT2D eigenvalue weighted by atomic mass is 10.1. The van der Waals surface area contributed by atoms with Gasteiger partial charge in [0.25, 0.3) is 5.91 Å². The first-order valence-corrected chi connectivity index (χ1v) is 9.49. The number of benzene rings is 2. The van der Waals surface area contributed by atoms with Crippen LogP contribution in [0.4, 0.5) is 0 Å². The molecule has 0 aromatic heterocycles. The van der Waals surface area contributed by atoms with Crippen molar-refractivity contribution in [1.82, 2.24) is 15.5 Å². The maximum absolute atomic E-state index is 12.1. The van der Waals surface area contributed by atoms with E-state index in [1.165, 1.54) is 0 Å². The first kappa shape index (κ1) is 21.3. The number of hydrogen-bond donors (Lipinski definition) is 2. The Morgan fingerprint density at radius 1 is 1.11 bits per heavy atom. The number of ether oxygens (including phenoxy) is 1. The summed E-state index contributed by atoms with van der Waals surface area (Å²) in [4.78, 5) is 18.3. The average molecular weight is 383 g/mol. The zero-order chi connectivity index (χ0) is 20.4. The summed E-state index contributed by atoms with van der Waals surface area (Å²) in [7, 11) is 5.19. The van der Waals surface area contributed by atoms with Gasteiger partial charge in [0.05, 0.1) is 13.7 Å². The third-order valence-electron chi connectivity index (χ3n) is 4.23. The molecule has 0 saturated carbocycles. The van der Waals surface area contributed by atoms with Gasteiger partial charge in [0, 0.05) is 38.3 Å². The number of carbonyl (C=O) groups is 1. The second kappa shape index (κ2) is 11.0. The minimum atomic E-state index is 0.0153. The largest absolute Gasteiger partial charge is 0.496 e. The van der Waals surface area contributed by atoms with Gasteiger partial charge in [0.1, 0.15) is 5.75 Å². The van der Waals surface area contributed by atoms with Crippen LogP contribution >= 0.6 is 0 Å². The normalized spacial score (nSPS) is 11.1. The molecule has 6 heteroatoms. The molecular formula is C22H30N4O2. The van der Waals surface area contributed by atoms with Gasteiger partial charge in [-0.05, 0) is 37.1 Å². The van der Waals surface area contributed by atoms with E-state index < -0.39 is 0 Å². The summed E-state index contributed by atoms with van der Waals surface area (Å²) in [6, 6.07) is 15.6. The lowest BCUT2D eigenvalue weighted by molar-refractivity contribution is 0.0827. The molecule has 0 radical (unpaired) electrons. The van der Waals surface area contributed by atoms with Gasteiger partial charge in [0.2, 0.25) is 0 Å². The molecule has 0 saturated heterocycles. The zero-order valence-electron chi connectivity index (χ0n) is 17.2. The highest BCUT2D eigenvalue weighted by Crippen LogP contribution is 2.17. The number of nitrogens with zero attached hydrogens (tertiary/aromatic N) is 2. The number of carbonyl (C=O) groups excluding carboxylic acids is 1. The molecule has 28 heavy (non-hydrogen) atoms. The molecule has 0 atom stereocenters. The summed E-state index contributed by atoms with van der Waals surface area (Å²) >= 11 is 0. The molecule has 0 spiro atoms. The summed E-state index contributed by atoms with van der Waals surface area (Å²) in [6.07, 6.45) is 0.799. The van der Waals surface area contributed by atoms with Crippen LogP contribution in [0.25, 0.3) is 0 Å². The Morgan fingerprint density at radius 3 is 2.61 bits per heavy atom. The second-order valence-electron chi connectivity index (χ2n) is 6.58. The minimum Gasteiger partial charge on any atom is -0.496 e. The van der Waals surface area contributed by atoms with E-state index in [1.807, 2.05) is 55.5 Å². The highest BCUT2D eigenvalue weighted by molar-refractivity contribution is 5.94. The fourth-order valence-electron chi connectivity index (χ4n) is 2.78. The molecule has 0 aliphatic heterocycles. The van der Waals surface area contributed by atoms with Crippen LogP contribution in [0.5, 0.6) is 5.75 Å². The Bertz CT molecular complexity index is 803. The Kier molecular flexibility index (Phi) is 8.34. The van der Waals surface area contributed by atoms with Crippen LogP contribution in [-0.4, -0.2) is 51.1 Å². The first-order chi connectivity index (χ1) is 13.5. The van der Waals surface area contributed by atoms with Crippen molar-refractivity contribution in [3.05, 3.63) is 65.2 Å². The lowest BCUT2D eigenvalue weighted by Gasteiger charge is -2.13. The molecular weight excluding hydrogens is 352 g/mol. The van der Waals surface area contributed by atoms with Gasteiger partial charge in [-0.15, -0.1) is 0 Å². The summed E-state index contributed by atoms with van der Waals surface area (Å²) < 4.78 is 5.38. The van der Waals surface area contributed by atoms with E-state index in [2.05, 4.69) is 15.6 Å². The molecule has 1 amide bonds. The number of aliphatic imine (C=N–C) groups is 1. The fraction of sp³-hybridized carbons (Fsp3) is 0.364. The topological polar surface area (TPSA) is 66.0 Å². The summed E-state index contributed by atoms with van der Waals surface area (Å²) in [5.41, 5.74) is 2.86. The van der Waals surface area contributed by atoms with Crippen molar-refractivity contribution < 1.29 is 9.53 Å². The summed E-state index contributed by atoms with van der Waals surface area (Å²) in [5, 5.41) is 6.61. The van der Waals surface area contributed by atoms with Gasteiger partial charge in [-0.3, -0.25) is 4.79 Å². The highest BCUT2D eigenvalue weighted by atomic mass is 16.5. The van der Waals surface area contributed by atoms with Crippen molar-refractivity contribution in [3.63, 3.8) is 0 Å². The molecule has 0 bridgehead atoms. The van der Waals surface area contributed by atoms with Gasteiger partial charge in [-0.25, -0.2) is 4.99 Å². The van der Waals surface area contributed by atoms with Crippen molar-refractivity contribution in [2.24, 2.45) is 4.99 Å². The van der Waals surface area contributed by atoms with E-state index >= 15 is 0 Å². The zero-order valence-corrected chi connectivity index (χ0v) is 17.2. The molecule has 2 N–H and O–H groups in total. The van der Waals surface area contributed by atoms with Crippen molar-refractivity contribution in [2.75, 3.05) is 34.3 Å². The van der Waals surface area contributed by atoms with Crippen molar-refractivity contribution >= 4 is 11.9 Å². The number of amides is 1. The smallest absolute Gasteiger partial charge is 0.253 e. The van der Waals surface area contributed by atoms with E-state index in [-0.39, 0.29) is 5.91 Å². The number of rotatable bonds is 8. The van der Waals surface area contributed by atoms with Gasteiger partial charge < -0.3 is 20.3 Å². The van der Waals surface area contributed by atoms with Crippen molar-refractivity contribution in [1.29, 1.82) is 0 Å². The molecule has 6 nitrogen and oxygen atoms in total. The molecule has 2 aromatic carbocycles. The van der Waals surface area contributed by atoms with Crippen molar-refractivity contribution in [3.8, 4) is 5.75 Å². The third kappa shape index (κ3) is 6.30. The predicted octanol–water partition coefficient (Wildman–Crippen LogP) is 2.69. The molecule has 0 fully saturated rings. The third-order valence-corrected chi connectivity index (χ3v) is 4.23. The van der Waals surface area contributed by atoms with E-state index in [0.29, 0.717) is 12.1 Å². The maximum atomic E-state index is 12.1. The second-order valence-corrected chi connectivity index (χ2v) is 6.58. The van der Waals surface area contributed by atoms with Crippen LogP contribution < -0.4 is 15.4 Å². The van der Waals surface area contributed by atoms with Crippen LogP contribution in [0.1, 0.15) is 28.4 Å². The van der Waals surface area contributed by atoms with E-state index in [1.54, 1.807) is 26.1 Å². The molecule has 0 unspecified atom stereocenters. The molecule has 2 aromatic rings. The lowest BCUT2D eigenvalue weighted by Crippen LogP contribution is -2.38. The van der Waals surface area contributed by atoms with E-state index in [0.717, 1.165) is 42.3 Å². The number of nitrogens with one attached hydrogen (secondary N) is 2. The fourth-order valence-corrected chi connectivity index (χ4v) is 2.78. The summed E-state index contributed by atoms with van der Waals surface area (Å²) in [5.74, 6) is 1.61. The SMILES string of the molecule is CCNC(=NCc1ccccc1OC)NCCc1cccc(C(=O)N(C)C)c1. The number of methoxy groups -OCH3 is 1. The molecule has 0 heterocycles. The van der Waals surface area contributed by atoms with Crippen molar-refractivity contribution in [2.45, 2.75) is 19.9 Å². The van der Waals surface area contributed by atoms with Gasteiger partial charge in [-0.1, -0.05) is 30.3 Å². The molecule has 0 aliphatic rings. The van der Waals surface area contributed by atoms with Crippen LogP contribution in [-0.2, 0) is 13.0 Å². The van der Waals surface area contributed by atoms with Crippen LogP contribution in [0.2, 0.25) is 0 Å². The van der Waals surface area contributed by atoms with Crippen LogP contribution in [0.15, 0.2) is 53.5 Å². The standard InChI is InChI=1S/C22H30N4O2/c1-5-23-22(25-16-19-10-6-7-12-20(19)28-4)24-14-13-17-9-8-11-18(15-17)21(27)26(2)3/h6-12,15H,5,13-14,16H2,1-4H3,(H2,23,24,25). The van der Waals surface area contributed by atoms with Crippen LogP contribution in [0, 0.1) is 0 Å². The van der Waals surface area contributed by atoms with Crippen LogP contribution in [0.3, 0.4) is 0 Å². The van der Waals surface area contributed by atoms with Gasteiger partial charge in [-0.2, -0.15) is 0 Å². The molecule has 0 aliphatic carbocycles. The highest BCUT2D eigenvalue weighted by Gasteiger charge is 2.08. The van der Waals surface area contributed by atoms with Gasteiger partial charge >= 0.3 is 0 Å². The summed E-state index contributed by atoms with van der Waals surface area (Å²) in [6.45, 7) is 4.07.